The van der Waals surface area contributed by atoms with E-state index in [9.17, 15) is 4.79 Å². The normalized spacial score (nSPS) is 22.3. The number of piperidine rings is 2. The van der Waals surface area contributed by atoms with Crippen LogP contribution in [0.25, 0.3) is 0 Å². The predicted molar refractivity (Wildman–Crippen MR) is 107 cm³/mol. The van der Waals surface area contributed by atoms with Gasteiger partial charge in [-0.2, -0.15) is 0 Å². The first-order valence-electron chi connectivity index (χ1n) is 10.5. The number of hydrogen-bond donors (Lipinski definition) is 1. The van der Waals surface area contributed by atoms with Crippen LogP contribution in [0.4, 0.5) is 0 Å². The van der Waals surface area contributed by atoms with E-state index in [0.29, 0.717) is 0 Å². The van der Waals surface area contributed by atoms with Crippen molar-refractivity contribution < 1.29 is 4.79 Å². The van der Waals surface area contributed by atoms with Gasteiger partial charge in [-0.25, -0.2) is 0 Å². The Morgan fingerprint density at radius 3 is 2.50 bits per heavy atom. The van der Waals surface area contributed by atoms with Gasteiger partial charge < -0.3 is 10.2 Å². The first kappa shape index (κ1) is 19.4. The molecule has 4 nitrogen and oxygen atoms in total. The Morgan fingerprint density at radius 1 is 1.04 bits per heavy atom. The molecule has 3 rings (SSSR count). The number of rotatable bonds is 7. The second kappa shape index (κ2) is 10.1. The summed E-state index contributed by atoms with van der Waals surface area (Å²) in [7, 11) is 0. The molecule has 2 heterocycles. The second-order valence-corrected chi connectivity index (χ2v) is 8.19. The van der Waals surface area contributed by atoms with E-state index < -0.39 is 0 Å². The number of nitrogens with one attached hydrogen (secondary N) is 1. The van der Waals surface area contributed by atoms with Crippen LogP contribution in [0.3, 0.4) is 0 Å². The molecule has 0 aromatic heterocycles. The summed E-state index contributed by atoms with van der Waals surface area (Å²) in [5.74, 6) is 0.862. The maximum atomic E-state index is 12.3. The molecule has 2 fully saturated rings. The van der Waals surface area contributed by atoms with Crippen LogP contribution in [0.2, 0.25) is 0 Å². The zero-order valence-electron chi connectivity index (χ0n) is 16.4. The summed E-state index contributed by atoms with van der Waals surface area (Å²) in [6, 6.07) is 8.18. The van der Waals surface area contributed by atoms with Crippen LogP contribution < -0.4 is 5.32 Å². The molecule has 26 heavy (non-hydrogen) atoms. The maximum Gasteiger partial charge on any atom is 0.251 e. The monoisotopic (exact) mass is 357 g/mol. The molecule has 1 atom stereocenters. The lowest BCUT2D eigenvalue weighted by atomic mass is 9.99. The van der Waals surface area contributed by atoms with Crippen molar-refractivity contribution in [1.82, 2.24) is 15.1 Å². The van der Waals surface area contributed by atoms with Crippen molar-refractivity contribution in [1.29, 1.82) is 0 Å². The standard InChI is InChI=1S/C22H35N3O/c1-19-7-5-15-25(17-19)18-20-8-10-21(11-9-20)22(26)23-12-6-16-24-13-3-2-4-14-24/h8-11,19H,2-7,12-18H2,1H3,(H,23,26)/t19-/m0/s1. The fraction of sp³-hybridized carbons (Fsp3) is 0.682. The SMILES string of the molecule is C[C@H]1CCCN(Cc2ccc(C(=O)NCCCN3CCCCC3)cc2)C1. The highest BCUT2D eigenvalue weighted by Crippen LogP contribution is 2.18. The van der Waals surface area contributed by atoms with E-state index in [1.165, 1.54) is 63.8 Å². The minimum Gasteiger partial charge on any atom is -0.352 e. The summed E-state index contributed by atoms with van der Waals surface area (Å²) in [6.07, 6.45) is 7.73. The van der Waals surface area contributed by atoms with E-state index >= 15 is 0 Å². The summed E-state index contributed by atoms with van der Waals surface area (Å²) in [5, 5.41) is 3.07. The summed E-state index contributed by atoms with van der Waals surface area (Å²) in [5.41, 5.74) is 2.08. The molecule has 1 aromatic carbocycles. The maximum absolute atomic E-state index is 12.3. The molecule has 2 aliphatic heterocycles. The van der Waals surface area contributed by atoms with Crippen molar-refractivity contribution in [3.8, 4) is 0 Å². The van der Waals surface area contributed by atoms with Crippen LogP contribution >= 0.6 is 0 Å². The van der Waals surface area contributed by atoms with Gasteiger partial charge in [-0.05, 0) is 81.9 Å². The van der Waals surface area contributed by atoms with Gasteiger partial charge in [0, 0.05) is 25.2 Å². The minimum absolute atomic E-state index is 0.0572. The summed E-state index contributed by atoms with van der Waals surface area (Å²) >= 11 is 0. The number of likely N-dealkylation sites (tertiary alicyclic amines) is 2. The van der Waals surface area contributed by atoms with Gasteiger partial charge in [0.2, 0.25) is 0 Å². The van der Waals surface area contributed by atoms with Gasteiger partial charge in [0.15, 0.2) is 0 Å². The fourth-order valence-electron chi connectivity index (χ4n) is 4.24. The van der Waals surface area contributed by atoms with Crippen molar-refractivity contribution in [3.05, 3.63) is 35.4 Å². The van der Waals surface area contributed by atoms with E-state index in [0.717, 1.165) is 37.5 Å². The number of amides is 1. The largest absolute Gasteiger partial charge is 0.352 e. The average molecular weight is 358 g/mol. The van der Waals surface area contributed by atoms with Gasteiger partial charge in [0.25, 0.3) is 5.91 Å². The molecule has 0 unspecified atom stereocenters. The lowest BCUT2D eigenvalue weighted by Crippen LogP contribution is -2.33. The number of benzene rings is 1. The molecule has 1 N–H and O–H groups in total. The summed E-state index contributed by atoms with van der Waals surface area (Å²) in [6.45, 7) is 10.1. The van der Waals surface area contributed by atoms with Gasteiger partial charge in [0.1, 0.15) is 0 Å². The third-order valence-electron chi connectivity index (χ3n) is 5.75. The number of carbonyl (C=O) groups is 1. The number of carbonyl (C=O) groups excluding carboxylic acids is 1. The Balaban J connectivity index is 1.37. The Bertz CT molecular complexity index is 551. The molecular formula is C22H35N3O. The Morgan fingerprint density at radius 2 is 1.77 bits per heavy atom. The van der Waals surface area contributed by atoms with E-state index in [1.54, 1.807) is 0 Å². The van der Waals surface area contributed by atoms with Crippen molar-refractivity contribution in [2.45, 2.75) is 52.0 Å². The van der Waals surface area contributed by atoms with Gasteiger partial charge in [-0.15, -0.1) is 0 Å². The number of nitrogens with zero attached hydrogens (tertiary/aromatic N) is 2. The van der Waals surface area contributed by atoms with E-state index in [4.69, 9.17) is 0 Å². The van der Waals surface area contributed by atoms with E-state index in [1.807, 2.05) is 12.1 Å². The van der Waals surface area contributed by atoms with E-state index in [2.05, 4.69) is 34.2 Å². The zero-order chi connectivity index (χ0) is 18.2. The van der Waals surface area contributed by atoms with Crippen LogP contribution in [0.1, 0.15) is 61.4 Å². The van der Waals surface area contributed by atoms with Gasteiger partial charge >= 0.3 is 0 Å². The molecule has 0 aliphatic carbocycles. The zero-order valence-corrected chi connectivity index (χ0v) is 16.4. The molecule has 4 heteroatoms. The van der Waals surface area contributed by atoms with Crippen LogP contribution in [0.5, 0.6) is 0 Å². The smallest absolute Gasteiger partial charge is 0.251 e. The Hall–Kier alpha value is -1.39. The summed E-state index contributed by atoms with van der Waals surface area (Å²) in [4.78, 5) is 17.4. The molecule has 0 saturated carbocycles. The highest BCUT2D eigenvalue weighted by Gasteiger charge is 2.16. The Kier molecular flexibility index (Phi) is 7.51. The topological polar surface area (TPSA) is 35.6 Å². The first-order chi connectivity index (χ1) is 12.7. The predicted octanol–water partition coefficient (Wildman–Crippen LogP) is 3.52. The van der Waals surface area contributed by atoms with Crippen molar-refractivity contribution in [3.63, 3.8) is 0 Å². The van der Waals surface area contributed by atoms with Crippen molar-refractivity contribution in [2.24, 2.45) is 5.92 Å². The molecule has 2 saturated heterocycles. The van der Waals surface area contributed by atoms with Gasteiger partial charge in [-0.1, -0.05) is 25.5 Å². The molecule has 0 radical (unpaired) electrons. The second-order valence-electron chi connectivity index (χ2n) is 8.19. The molecule has 1 amide bonds. The van der Waals surface area contributed by atoms with Crippen LogP contribution in [-0.2, 0) is 6.54 Å². The van der Waals surface area contributed by atoms with Crippen LogP contribution in [0, 0.1) is 5.92 Å². The molecule has 0 spiro atoms. The highest BCUT2D eigenvalue weighted by atomic mass is 16.1. The van der Waals surface area contributed by atoms with Gasteiger partial charge in [0.05, 0.1) is 0 Å². The van der Waals surface area contributed by atoms with E-state index in [-0.39, 0.29) is 5.91 Å². The van der Waals surface area contributed by atoms with Crippen LogP contribution in [-0.4, -0.2) is 55.0 Å². The Labute approximate surface area is 158 Å². The average Bonchev–Trinajstić information content (AvgIpc) is 2.66. The third kappa shape index (κ3) is 6.10. The molecule has 1 aromatic rings. The lowest BCUT2D eigenvalue weighted by molar-refractivity contribution is 0.0951. The molecular weight excluding hydrogens is 322 g/mol. The third-order valence-corrected chi connectivity index (χ3v) is 5.75. The van der Waals surface area contributed by atoms with Gasteiger partial charge in [-0.3, -0.25) is 9.69 Å². The number of hydrogen-bond acceptors (Lipinski definition) is 3. The molecule has 2 aliphatic rings. The lowest BCUT2D eigenvalue weighted by Gasteiger charge is -2.30. The minimum atomic E-state index is 0.0572. The highest BCUT2D eigenvalue weighted by molar-refractivity contribution is 5.94. The van der Waals surface area contributed by atoms with Crippen molar-refractivity contribution >= 4 is 5.91 Å². The molecule has 0 bridgehead atoms. The molecule has 144 valence electrons. The van der Waals surface area contributed by atoms with Crippen molar-refractivity contribution in [2.75, 3.05) is 39.3 Å². The quantitative estimate of drug-likeness (QED) is 0.759. The summed E-state index contributed by atoms with van der Waals surface area (Å²) < 4.78 is 0. The fourth-order valence-corrected chi connectivity index (χ4v) is 4.24. The first-order valence-corrected chi connectivity index (χ1v) is 10.5. The van der Waals surface area contributed by atoms with Crippen LogP contribution in [0.15, 0.2) is 24.3 Å².